The number of hydrogen-bond donors (Lipinski definition) is 0. The van der Waals surface area contributed by atoms with E-state index in [2.05, 4.69) is 0 Å². The maximum absolute atomic E-state index is 11.0. The summed E-state index contributed by atoms with van der Waals surface area (Å²) in [4.78, 5) is 11.0. The molecule has 0 aromatic carbocycles. The lowest BCUT2D eigenvalue weighted by atomic mass is 10.1. The van der Waals surface area contributed by atoms with Crippen LogP contribution in [-0.4, -0.2) is 17.9 Å². The Kier molecular flexibility index (Phi) is 2.18. The van der Waals surface area contributed by atoms with Gasteiger partial charge in [0.05, 0.1) is 0 Å². The minimum atomic E-state index is -0.628. The van der Waals surface area contributed by atoms with Gasteiger partial charge in [0.25, 0.3) is 0 Å². The molecular formula is C8H14O3. The van der Waals surface area contributed by atoms with Crippen LogP contribution in [0.1, 0.15) is 33.6 Å². The normalized spacial score (nSPS) is 28.6. The van der Waals surface area contributed by atoms with Crippen molar-refractivity contribution in [2.75, 3.05) is 0 Å². The Morgan fingerprint density at radius 1 is 1.45 bits per heavy atom. The predicted octanol–water partition coefficient (Wildman–Crippen LogP) is 1.46. The molecule has 0 aromatic heterocycles. The molecule has 0 bridgehead atoms. The van der Waals surface area contributed by atoms with E-state index in [9.17, 15) is 4.79 Å². The van der Waals surface area contributed by atoms with Crippen molar-refractivity contribution in [2.45, 2.75) is 45.5 Å². The van der Waals surface area contributed by atoms with Crippen molar-refractivity contribution in [3.63, 3.8) is 0 Å². The smallest absolute Gasteiger partial charge is 0.337 e. The molecule has 0 spiro atoms. The van der Waals surface area contributed by atoms with E-state index in [1.165, 1.54) is 0 Å². The summed E-state index contributed by atoms with van der Waals surface area (Å²) in [6.07, 6.45) is 1.05. The third kappa shape index (κ3) is 1.38. The summed E-state index contributed by atoms with van der Waals surface area (Å²) < 4.78 is 10.5. The van der Waals surface area contributed by atoms with Gasteiger partial charge in [0.2, 0.25) is 5.79 Å². The molecule has 0 aromatic rings. The van der Waals surface area contributed by atoms with Crippen LogP contribution in [0.2, 0.25) is 0 Å². The highest BCUT2D eigenvalue weighted by Gasteiger charge is 2.43. The standard InChI is InChI=1S/C8H14O3/c1-4-8(5-2)10-6(3)7(9)11-8/h6H,4-5H2,1-3H3/t6-/m0/s1. The number of cyclic esters (lactones) is 1. The van der Waals surface area contributed by atoms with E-state index in [1.54, 1.807) is 6.92 Å². The van der Waals surface area contributed by atoms with E-state index in [-0.39, 0.29) is 5.97 Å². The van der Waals surface area contributed by atoms with Crippen LogP contribution < -0.4 is 0 Å². The molecule has 1 heterocycles. The number of esters is 1. The number of carbonyl (C=O) groups excluding carboxylic acids is 1. The van der Waals surface area contributed by atoms with Gasteiger partial charge in [0, 0.05) is 12.8 Å². The molecular weight excluding hydrogens is 144 g/mol. The van der Waals surface area contributed by atoms with Crippen molar-refractivity contribution in [1.82, 2.24) is 0 Å². The molecule has 1 aliphatic rings. The van der Waals surface area contributed by atoms with Crippen LogP contribution in [0.25, 0.3) is 0 Å². The topological polar surface area (TPSA) is 35.5 Å². The van der Waals surface area contributed by atoms with Crippen molar-refractivity contribution in [1.29, 1.82) is 0 Å². The second-order valence-electron chi connectivity index (χ2n) is 2.80. The second kappa shape index (κ2) is 2.81. The average molecular weight is 158 g/mol. The molecule has 0 aliphatic carbocycles. The van der Waals surface area contributed by atoms with Crippen molar-refractivity contribution < 1.29 is 14.3 Å². The van der Waals surface area contributed by atoms with Crippen LogP contribution in [0.15, 0.2) is 0 Å². The van der Waals surface area contributed by atoms with Crippen LogP contribution >= 0.6 is 0 Å². The van der Waals surface area contributed by atoms with Gasteiger partial charge in [-0.25, -0.2) is 4.79 Å². The van der Waals surface area contributed by atoms with Gasteiger partial charge in [0.15, 0.2) is 6.10 Å². The molecule has 1 atom stereocenters. The van der Waals surface area contributed by atoms with Crippen molar-refractivity contribution in [2.24, 2.45) is 0 Å². The maximum atomic E-state index is 11.0. The lowest BCUT2D eigenvalue weighted by molar-refractivity contribution is -0.179. The molecule has 0 unspecified atom stereocenters. The summed E-state index contributed by atoms with van der Waals surface area (Å²) in [5.74, 6) is -0.870. The Morgan fingerprint density at radius 2 is 2.00 bits per heavy atom. The van der Waals surface area contributed by atoms with Crippen LogP contribution in [0.5, 0.6) is 0 Å². The lowest BCUT2D eigenvalue weighted by Crippen LogP contribution is -2.28. The monoisotopic (exact) mass is 158 g/mol. The zero-order valence-electron chi connectivity index (χ0n) is 7.22. The fourth-order valence-electron chi connectivity index (χ4n) is 1.22. The van der Waals surface area contributed by atoms with E-state index in [0.29, 0.717) is 0 Å². The number of rotatable bonds is 2. The van der Waals surface area contributed by atoms with Crippen LogP contribution in [-0.2, 0) is 14.3 Å². The highest BCUT2D eigenvalue weighted by molar-refractivity contribution is 5.76. The molecule has 1 fully saturated rings. The van der Waals surface area contributed by atoms with E-state index in [0.717, 1.165) is 12.8 Å². The molecule has 1 rings (SSSR count). The van der Waals surface area contributed by atoms with E-state index in [4.69, 9.17) is 9.47 Å². The third-order valence-corrected chi connectivity index (χ3v) is 2.09. The Labute approximate surface area is 66.7 Å². The summed E-state index contributed by atoms with van der Waals surface area (Å²) in [7, 11) is 0. The molecule has 3 heteroatoms. The lowest BCUT2D eigenvalue weighted by Gasteiger charge is -2.22. The average Bonchev–Trinajstić information content (AvgIpc) is 2.29. The van der Waals surface area contributed by atoms with Gasteiger partial charge in [-0.15, -0.1) is 0 Å². The summed E-state index contributed by atoms with van der Waals surface area (Å²) in [5, 5.41) is 0. The van der Waals surface area contributed by atoms with Gasteiger partial charge in [-0.2, -0.15) is 0 Å². The summed E-state index contributed by atoms with van der Waals surface area (Å²) in [5.41, 5.74) is 0. The largest absolute Gasteiger partial charge is 0.431 e. The Hall–Kier alpha value is -0.570. The molecule has 11 heavy (non-hydrogen) atoms. The highest BCUT2D eigenvalue weighted by atomic mass is 16.8. The molecule has 64 valence electrons. The van der Waals surface area contributed by atoms with Gasteiger partial charge in [-0.1, -0.05) is 13.8 Å². The molecule has 0 saturated carbocycles. The summed E-state index contributed by atoms with van der Waals surface area (Å²) in [6, 6.07) is 0. The quantitative estimate of drug-likeness (QED) is 0.571. The van der Waals surface area contributed by atoms with Gasteiger partial charge >= 0.3 is 5.97 Å². The SMILES string of the molecule is CCC1(CC)OC(=O)[C@H](C)O1. The van der Waals surface area contributed by atoms with E-state index in [1.807, 2.05) is 13.8 Å². The van der Waals surface area contributed by atoms with Gasteiger partial charge in [-0.05, 0) is 6.92 Å². The minimum Gasteiger partial charge on any atom is -0.431 e. The minimum absolute atomic E-state index is 0.242. The molecule has 1 saturated heterocycles. The zero-order valence-corrected chi connectivity index (χ0v) is 7.22. The first kappa shape index (κ1) is 8.53. The Balaban J connectivity index is 2.68. The fourth-order valence-corrected chi connectivity index (χ4v) is 1.22. The highest BCUT2D eigenvalue weighted by Crippen LogP contribution is 2.30. The molecule has 0 amide bonds. The summed E-state index contributed by atoms with van der Waals surface area (Å²) >= 11 is 0. The van der Waals surface area contributed by atoms with Gasteiger partial charge in [0.1, 0.15) is 0 Å². The van der Waals surface area contributed by atoms with Crippen molar-refractivity contribution >= 4 is 5.97 Å². The predicted molar refractivity (Wildman–Crippen MR) is 40.0 cm³/mol. The van der Waals surface area contributed by atoms with Gasteiger partial charge in [-0.3, -0.25) is 0 Å². The van der Waals surface area contributed by atoms with E-state index >= 15 is 0 Å². The first-order valence-corrected chi connectivity index (χ1v) is 4.04. The fraction of sp³-hybridized carbons (Fsp3) is 0.875. The molecule has 1 aliphatic heterocycles. The summed E-state index contributed by atoms with van der Waals surface area (Å²) in [6.45, 7) is 5.62. The Bertz CT molecular complexity index is 161. The Morgan fingerprint density at radius 3 is 2.18 bits per heavy atom. The number of ether oxygens (including phenoxy) is 2. The van der Waals surface area contributed by atoms with Crippen molar-refractivity contribution in [3.8, 4) is 0 Å². The first-order chi connectivity index (χ1) is 5.13. The van der Waals surface area contributed by atoms with Crippen molar-refractivity contribution in [3.05, 3.63) is 0 Å². The van der Waals surface area contributed by atoms with Crippen LogP contribution in [0, 0.1) is 0 Å². The van der Waals surface area contributed by atoms with Crippen LogP contribution in [0.3, 0.4) is 0 Å². The molecule has 0 radical (unpaired) electrons. The zero-order chi connectivity index (χ0) is 8.48. The van der Waals surface area contributed by atoms with Gasteiger partial charge < -0.3 is 9.47 Å². The van der Waals surface area contributed by atoms with Crippen LogP contribution in [0.4, 0.5) is 0 Å². The third-order valence-electron chi connectivity index (χ3n) is 2.09. The second-order valence-corrected chi connectivity index (χ2v) is 2.80. The molecule has 0 N–H and O–H groups in total. The maximum Gasteiger partial charge on any atom is 0.337 e. The number of carbonyl (C=O) groups is 1. The molecule has 3 nitrogen and oxygen atoms in total. The van der Waals surface area contributed by atoms with E-state index < -0.39 is 11.9 Å². The number of hydrogen-bond acceptors (Lipinski definition) is 3. The first-order valence-electron chi connectivity index (χ1n) is 4.04.